The van der Waals surface area contributed by atoms with Gasteiger partial charge in [-0.2, -0.15) is 13.2 Å². The average molecular weight is 306 g/mol. The van der Waals surface area contributed by atoms with Crippen LogP contribution in [0.25, 0.3) is 16.9 Å². The molecule has 0 saturated carbocycles. The summed E-state index contributed by atoms with van der Waals surface area (Å²) in [5, 5.41) is 2.50. The fraction of sp³-hybridized carbons (Fsp3) is 0.0714. The predicted molar refractivity (Wildman–Crippen MR) is 73.6 cm³/mol. The molecule has 0 saturated heterocycles. The van der Waals surface area contributed by atoms with Crippen LogP contribution in [0, 0.1) is 0 Å². The van der Waals surface area contributed by atoms with Crippen molar-refractivity contribution in [2.45, 2.75) is 6.18 Å². The topological polar surface area (TPSA) is 59.8 Å². The van der Waals surface area contributed by atoms with Crippen molar-refractivity contribution in [1.82, 2.24) is 14.5 Å². The number of alkyl halides is 3. The second-order valence-electron chi connectivity index (χ2n) is 4.49. The lowest BCUT2D eigenvalue weighted by molar-refractivity contribution is -0.137. The Balaban J connectivity index is 2.03. The van der Waals surface area contributed by atoms with E-state index in [-0.39, 0.29) is 5.52 Å². The quantitative estimate of drug-likeness (QED) is 0.757. The third-order valence-electron chi connectivity index (χ3n) is 3.09. The van der Waals surface area contributed by atoms with E-state index >= 15 is 0 Å². The van der Waals surface area contributed by atoms with Gasteiger partial charge in [-0.15, -0.1) is 0 Å². The first kappa shape index (κ1) is 14.1. The van der Waals surface area contributed by atoms with E-state index in [1.807, 2.05) is 0 Å². The van der Waals surface area contributed by atoms with Crippen molar-refractivity contribution >= 4 is 23.3 Å². The summed E-state index contributed by atoms with van der Waals surface area (Å²) >= 11 is 0. The second kappa shape index (κ2) is 5.14. The number of rotatable bonds is 3. The van der Waals surface area contributed by atoms with Crippen LogP contribution in [0.15, 0.2) is 42.9 Å². The van der Waals surface area contributed by atoms with Crippen LogP contribution in [0.5, 0.6) is 0 Å². The van der Waals surface area contributed by atoms with E-state index in [4.69, 9.17) is 0 Å². The number of benzene rings is 1. The maximum Gasteiger partial charge on any atom is 0.417 e. The number of aromatic nitrogens is 3. The fourth-order valence-corrected chi connectivity index (χ4v) is 2.03. The molecule has 0 aliphatic carbocycles. The Morgan fingerprint density at radius 2 is 1.86 bits per heavy atom. The molecule has 1 N–H and O–H groups in total. The van der Waals surface area contributed by atoms with Crippen molar-refractivity contribution in [1.29, 1.82) is 0 Å². The number of carbonyl (C=O) groups is 1. The van der Waals surface area contributed by atoms with Crippen molar-refractivity contribution in [3.63, 3.8) is 0 Å². The number of nitrogens with one attached hydrogen (secondary N) is 1. The molecule has 0 fully saturated rings. The number of nitrogens with zero attached hydrogens (tertiary/aromatic N) is 3. The molecule has 1 aromatic carbocycles. The number of pyridine rings is 1. The minimum Gasteiger partial charge on any atom is -0.329 e. The summed E-state index contributed by atoms with van der Waals surface area (Å²) in [4.78, 5) is 18.2. The number of amides is 1. The number of hydrogen-bond donors (Lipinski definition) is 1. The Morgan fingerprint density at radius 3 is 2.50 bits per heavy atom. The molecule has 0 unspecified atom stereocenters. The average Bonchev–Trinajstić information content (AvgIpc) is 2.90. The Kier molecular flexibility index (Phi) is 3.28. The molecular weight excluding hydrogens is 297 g/mol. The van der Waals surface area contributed by atoms with Crippen LogP contribution in [-0.4, -0.2) is 20.9 Å². The molecular formula is C14H9F3N4O. The van der Waals surface area contributed by atoms with Crippen LogP contribution < -0.4 is 5.32 Å². The minimum atomic E-state index is -4.45. The van der Waals surface area contributed by atoms with Gasteiger partial charge in [-0.25, -0.2) is 9.97 Å². The molecule has 1 amide bonds. The normalized spacial score (nSPS) is 11.6. The molecule has 2 heterocycles. The molecule has 0 radical (unpaired) electrons. The van der Waals surface area contributed by atoms with Gasteiger partial charge in [0.1, 0.15) is 11.8 Å². The van der Waals surface area contributed by atoms with E-state index < -0.39 is 11.7 Å². The highest BCUT2D eigenvalue weighted by Gasteiger charge is 2.31. The number of halogens is 3. The van der Waals surface area contributed by atoms with Gasteiger partial charge < -0.3 is 5.32 Å². The Bertz CT molecular complexity index is 824. The summed E-state index contributed by atoms with van der Waals surface area (Å²) in [7, 11) is 0. The highest BCUT2D eigenvalue weighted by atomic mass is 19.4. The van der Waals surface area contributed by atoms with Gasteiger partial charge in [-0.1, -0.05) is 0 Å². The first-order valence-electron chi connectivity index (χ1n) is 6.20. The zero-order valence-electron chi connectivity index (χ0n) is 11.0. The predicted octanol–water partition coefficient (Wildman–Crippen LogP) is 3.01. The molecule has 5 nitrogen and oxygen atoms in total. The third kappa shape index (κ3) is 2.50. The lowest BCUT2D eigenvalue weighted by Gasteiger charge is -2.07. The van der Waals surface area contributed by atoms with E-state index in [2.05, 4.69) is 15.3 Å². The number of carbonyl (C=O) groups excluding carboxylic acids is 1. The van der Waals surface area contributed by atoms with E-state index in [1.165, 1.54) is 6.33 Å². The van der Waals surface area contributed by atoms with Crippen molar-refractivity contribution in [2.75, 3.05) is 5.32 Å². The number of hydrogen-bond acceptors (Lipinski definition) is 3. The number of anilines is 1. The second-order valence-corrected chi connectivity index (χ2v) is 4.49. The van der Waals surface area contributed by atoms with Crippen LogP contribution in [0.4, 0.5) is 18.9 Å². The van der Waals surface area contributed by atoms with Crippen LogP contribution in [-0.2, 0) is 11.0 Å². The summed E-state index contributed by atoms with van der Waals surface area (Å²) in [6, 6.07) is 7.69. The van der Waals surface area contributed by atoms with E-state index in [9.17, 15) is 18.0 Å². The van der Waals surface area contributed by atoms with Gasteiger partial charge in [0.15, 0.2) is 5.65 Å². The molecule has 0 atom stereocenters. The third-order valence-corrected chi connectivity index (χ3v) is 3.09. The van der Waals surface area contributed by atoms with Gasteiger partial charge in [0.05, 0.1) is 5.56 Å². The van der Waals surface area contributed by atoms with Crippen molar-refractivity contribution in [3.05, 3.63) is 48.4 Å². The highest BCUT2D eigenvalue weighted by Crippen LogP contribution is 2.30. The van der Waals surface area contributed by atoms with Gasteiger partial charge in [0.25, 0.3) is 0 Å². The standard InChI is InChI=1S/C14H9F3N4O/c15-14(16,17)9-5-12-13(18-6-9)21(7-19-12)11-3-1-10(2-4-11)20-8-22/h1-8H,(H,20,22). The van der Waals surface area contributed by atoms with Crippen LogP contribution in [0.3, 0.4) is 0 Å². The maximum atomic E-state index is 12.7. The largest absolute Gasteiger partial charge is 0.417 e. The number of imidazole rings is 1. The summed E-state index contributed by atoms with van der Waals surface area (Å²) in [5.41, 5.74) is 0.923. The van der Waals surface area contributed by atoms with E-state index in [0.29, 0.717) is 23.4 Å². The molecule has 0 spiro atoms. The maximum absolute atomic E-state index is 12.7. The Morgan fingerprint density at radius 1 is 1.14 bits per heavy atom. The summed E-state index contributed by atoms with van der Waals surface area (Å²) in [6.07, 6.45) is -1.71. The van der Waals surface area contributed by atoms with Gasteiger partial charge in [-0.05, 0) is 30.3 Å². The molecule has 22 heavy (non-hydrogen) atoms. The molecule has 3 aromatic rings. The molecule has 8 heteroatoms. The fourth-order valence-electron chi connectivity index (χ4n) is 2.03. The zero-order chi connectivity index (χ0) is 15.7. The lowest BCUT2D eigenvalue weighted by atomic mass is 10.2. The van der Waals surface area contributed by atoms with Gasteiger partial charge in [-0.3, -0.25) is 9.36 Å². The summed E-state index contributed by atoms with van der Waals surface area (Å²) < 4.78 is 39.5. The van der Waals surface area contributed by atoms with Crippen molar-refractivity contribution in [3.8, 4) is 5.69 Å². The van der Waals surface area contributed by atoms with Crippen LogP contribution in [0.1, 0.15) is 5.56 Å². The first-order valence-corrected chi connectivity index (χ1v) is 6.20. The molecule has 0 aliphatic heterocycles. The Hall–Kier alpha value is -2.90. The van der Waals surface area contributed by atoms with Gasteiger partial charge in [0, 0.05) is 17.6 Å². The van der Waals surface area contributed by atoms with Crippen LogP contribution >= 0.6 is 0 Å². The summed E-state index contributed by atoms with van der Waals surface area (Å²) in [6.45, 7) is 0. The summed E-state index contributed by atoms with van der Waals surface area (Å²) in [5.74, 6) is 0. The zero-order valence-corrected chi connectivity index (χ0v) is 11.0. The van der Waals surface area contributed by atoms with Gasteiger partial charge in [0.2, 0.25) is 6.41 Å². The SMILES string of the molecule is O=CNc1ccc(-n2cnc3cc(C(F)(F)F)cnc32)cc1. The van der Waals surface area contributed by atoms with Crippen LogP contribution in [0.2, 0.25) is 0 Å². The first-order chi connectivity index (χ1) is 10.5. The lowest BCUT2D eigenvalue weighted by Crippen LogP contribution is -2.05. The molecule has 0 bridgehead atoms. The van der Waals surface area contributed by atoms with Crippen molar-refractivity contribution < 1.29 is 18.0 Å². The molecule has 2 aromatic heterocycles. The molecule has 112 valence electrons. The van der Waals surface area contributed by atoms with Gasteiger partial charge >= 0.3 is 6.18 Å². The molecule has 0 aliphatic rings. The number of fused-ring (bicyclic) bond motifs is 1. The van der Waals surface area contributed by atoms with E-state index in [1.54, 1.807) is 28.8 Å². The monoisotopic (exact) mass is 306 g/mol. The minimum absolute atomic E-state index is 0.157. The van der Waals surface area contributed by atoms with Crippen molar-refractivity contribution in [2.24, 2.45) is 0 Å². The smallest absolute Gasteiger partial charge is 0.329 e. The molecule has 3 rings (SSSR count). The van der Waals surface area contributed by atoms with E-state index in [0.717, 1.165) is 12.3 Å². The Labute approximate surface area is 122 Å². The highest BCUT2D eigenvalue weighted by molar-refractivity contribution is 5.75.